The van der Waals surface area contributed by atoms with E-state index in [-0.39, 0.29) is 22.1 Å². The van der Waals surface area contributed by atoms with Crippen molar-refractivity contribution in [3.05, 3.63) is 59.2 Å². The first-order valence-electron chi connectivity index (χ1n) is 8.15. The summed E-state index contributed by atoms with van der Waals surface area (Å²) in [6, 6.07) is 12.5. The van der Waals surface area contributed by atoms with Gasteiger partial charge in [-0.1, -0.05) is 59.7 Å². The minimum Gasteiger partial charge on any atom is -0.507 e. The molecule has 0 aliphatic heterocycles. The highest BCUT2D eigenvalue weighted by atomic mass is 16.5. The second-order valence-electron chi connectivity index (χ2n) is 8.15. The van der Waals surface area contributed by atoms with Gasteiger partial charge in [-0.2, -0.15) is 0 Å². The van der Waals surface area contributed by atoms with E-state index in [9.17, 15) is 9.90 Å². The molecule has 0 atom stereocenters. The standard InChI is InChI=1S/C21H26O3/c1-20(2,3)14-7-10-16(11-8-14)24-19(23)17-13-15(21(4,5)6)9-12-18(17)22/h7-13,22H,1-6H3. The quantitative estimate of drug-likeness (QED) is 0.609. The van der Waals surface area contributed by atoms with Crippen LogP contribution in [0.2, 0.25) is 0 Å². The van der Waals surface area contributed by atoms with Gasteiger partial charge in [0.1, 0.15) is 17.1 Å². The lowest BCUT2D eigenvalue weighted by Gasteiger charge is -2.20. The van der Waals surface area contributed by atoms with E-state index >= 15 is 0 Å². The molecule has 2 rings (SSSR count). The number of aromatic hydroxyl groups is 1. The fourth-order valence-electron chi connectivity index (χ4n) is 2.35. The molecule has 0 unspecified atom stereocenters. The Kier molecular flexibility index (Phi) is 4.75. The Hall–Kier alpha value is -2.29. The first-order valence-corrected chi connectivity index (χ1v) is 8.15. The summed E-state index contributed by atoms with van der Waals surface area (Å²) in [5, 5.41) is 10.00. The molecule has 128 valence electrons. The molecule has 24 heavy (non-hydrogen) atoms. The van der Waals surface area contributed by atoms with Gasteiger partial charge < -0.3 is 9.84 Å². The fraction of sp³-hybridized carbons (Fsp3) is 0.381. The van der Waals surface area contributed by atoms with Gasteiger partial charge in [0.25, 0.3) is 0 Å². The zero-order chi connectivity index (χ0) is 18.1. The number of phenolic OH excluding ortho intramolecular Hbond substituents is 1. The molecule has 0 bridgehead atoms. The number of ether oxygens (including phenoxy) is 1. The molecule has 0 aliphatic rings. The molecule has 0 saturated carbocycles. The van der Waals surface area contributed by atoms with Crippen molar-refractivity contribution in [2.45, 2.75) is 52.4 Å². The lowest BCUT2D eigenvalue weighted by Crippen LogP contribution is -2.15. The maximum atomic E-state index is 12.4. The van der Waals surface area contributed by atoms with E-state index in [1.807, 2.05) is 18.2 Å². The van der Waals surface area contributed by atoms with Gasteiger partial charge in [0.15, 0.2) is 0 Å². The van der Waals surface area contributed by atoms with Crippen LogP contribution in [0.25, 0.3) is 0 Å². The molecule has 0 spiro atoms. The predicted molar refractivity (Wildman–Crippen MR) is 96.9 cm³/mol. The van der Waals surface area contributed by atoms with Crippen LogP contribution in [0.3, 0.4) is 0 Å². The van der Waals surface area contributed by atoms with E-state index < -0.39 is 5.97 Å². The van der Waals surface area contributed by atoms with Gasteiger partial charge >= 0.3 is 5.97 Å². The number of carbonyl (C=O) groups excluding carboxylic acids is 1. The molecule has 0 amide bonds. The van der Waals surface area contributed by atoms with E-state index in [0.29, 0.717) is 5.75 Å². The van der Waals surface area contributed by atoms with Crippen LogP contribution in [0.1, 0.15) is 63.0 Å². The van der Waals surface area contributed by atoms with Crippen molar-refractivity contribution in [2.24, 2.45) is 0 Å². The topological polar surface area (TPSA) is 46.5 Å². The van der Waals surface area contributed by atoms with Gasteiger partial charge in [0.05, 0.1) is 0 Å². The van der Waals surface area contributed by atoms with Crippen LogP contribution in [0.15, 0.2) is 42.5 Å². The van der Waals surface area contributed by atoms with Crippen molar-refractivity contribution in [1.29, 1.82) is 0 Å². The number of hydrogen-bond acceptors (Lipinski definition) is 3. The van der Waals surface area contributed by atoms with E-state index in [1.165, 1.54) is 5.56 Å². The van der Waals surface area contributed by atoms with Gasteiger partial charge in [-0.15, -0.1) is 0 Å². The molecule has 2 aromatic rings. The Bertz CT molecular complexity index is 729. The lowest BCUT2D eigenvalue weighted by atomic mass is 9.86. The van der Waals surface area contributed by atoms with E-state index in [1.54, 1.807) is 24.3 Å². The number of rotatable bonds is 2. The summed E-state index contributed by atoms with van der Waals surface area (Å²) >= 11 is 0. The Labute approximate surface area is 144 Å². The molecule has 0 aromatic heterocycles. The first-order chi connectivity index (χ1) is 11.0. The largest absolute Gasteiger partial charge is 0.507 e. The van der Waals surface area contributed by atoms with Gasteiger partial charge in [0, 0.05) is 0 Å². The highest BCUT2D eigenvalue weighted by Crippen LogP contribution is 2.29. The summed E-state index contributed by atoms with van der Waals surface area (Å²) in [6.07, 6.45) is 0. The monoisotopic (exact) mass is 326 g/mol. The van der Waals surface area contributed by atoms with E-state index in [4.69, 9.17) is 4.74 Å². The van der Waals surface area contributed by atoms with Crippen molar-refractivity contribution in [3.8, 4) is 11.5 Å². The molecule has 0 aliphatic carbocycles. The highest BCUT2D eigenvalue weighted by molar-refractivity contribution is 5.94. The third kappa shape index (κ3) is 4.16. The normalized spacial score (nSPS) is 12.1. The van der Waals surface area contributed by atoms with Gasteiger partial charge in [0.2, 0.25) is 0 Å². The maximum absolute atomic E-state index is 12.4. The maximum Gasteiger partial charge on any atom is 0.347 e. The number of phenols is 1. The molecular formula is C21H26O3. The Morgan fingerprint density at radius 2 is 1.33 bits per heavy atom. The van der Waals surface area contributed by atoms with Crippen LogP contribution in [0.4, 0.5) is 0 Å². The fourth-order valence-corrected chi connectivity index (χ4v) is 2.35. The second-order valence-corrected chi connectivity index (χ2v) is 8.15. The molecule has 0 radical (unpaired) electrons. The average molecular weight is 326 g/mol. The van der Waals surface area contributed by atoms with Gasteiger partial charge in [-0.3, -0.25) is 0 Å². The van der Waals surface area contributed by atoms with Crippen LogP contribution in [-0.2, 0) is 10.8 Å². The van der Waals surface area contributed by atoms with E-state index in [2.05, 4.69) is 41.5 Å². The van der Waals surface area contributed by atoms with Crippen molar-refractivity contribution in [2.75, 3.05) is 0 Å². The zero-order valence-corrected chi connectivity index (χ0v) is 15.3. The summed E-state index contributed by atoms with van der Waals surface area (Å²) in [6.45, 7) is 12.6. The number of benzene rings is 2. The Morgan fingerprint density at radius 1 is 0.833 bits per heavy atom. The average Bonchev–Trinajstić information content (AvgIpc) is 2.46. The van der Waals surface area contributed by atoms with Crippen molar-refractivity contribution in [3.63, 3.8) is 0 Å². The van der Waals surface area contributed by atoms with Crippen LogP contribution >= 0.6 is 0 Å². The molecule has 1 N–H and O–H groups in total. The van der Waals surface area contributed by atoms with Gasteiger partial charge in [-0.05, 0) is 46.2 Å². The third-order valence-corrected chi connectivity index (χ3v) is 4.01. The molecule has 0 saturated heterocycles. The number of esters is 1. The van der Waals surface area contributed by atoms with Crippen molar-refractivity contribution >= 4 is 5.97 Å². The Morgan fingerprint density at radius 3 is 1.83 bits per heavy atom. The number of hydrogen-bond donors (Lipinski definition) is 1. The second kappa shape index (κ2) is 6.31. The molecule has 3 nitrogen and oxygen atoms in total. The van der Waals surface area contributed by atoms with Crippen molar-refractivity contribution in [1.82, 2.24) is 0 Å². The molecule has 0 fully saturated rings. The summed E-state index contributed by atoms with van der Waals surface area (Å²) in [7, 11) is 0. The minimum absolute atomic E-state index is 0.0435. The minimum atomic E-state index is -0.554. The summed E-state index contributed by atoms with van der Waals surface area (Å²) in [5.41, 5.74) is 2.25. The smallest absolute Gasteiger partial charge is 0.347 e. The molecule has 2 aromatic carbocycles. The summed E-state index contributed by atoms with van der Waals surface area (Å²) < 4.78 is 5.42. The molecular weight excluding hydrogens is 300 g/mol. The van der Waals surface area contributed by atoms with Crippen LogP contribution < -0.4 is 4.74 Å². The van der Waals surface area contributed by atoms with Crippen LogP contribution in [0, 0.1) is 0 Å². The van der Waals surface area contributed by atoms with Gasteiger partial charge in [-0.25, -0.2) is 4.79 Å². The lowest BCUT2D eigenvalue weighted by molar-refractivity contribution is 0.0731. The highest BCUT2D eigenvalue weighted by Gasteiger charge is 2.20. The first kappa shape index (κ1) is 18.1. The molecule has 3 heteroatoms. The SMILES string of the molecule is CC(C)(C)c1ccc(OC(=O)c2cc(C(C)(C)C)ccc2O)cc1. The summed E-state index contributed by atoms with van der Waals surface area (Å²) in [5.74, 6) is -0.157. The number of carbonyl (C=O) groups is 1. The zero-order valence-electron chi connectivity index (χ0n) is 15.3. The van der Waals surface area contributed by atoms with E-state index in [0.717, 1.165) is 5.56 Å². The summed E-state index contributed by atoms with van der Waals surface area (Å²) in [4.78, 5) is 12.4. The molecule has 0 heterocycles. The van der Waals surface area contributed by atoms with Crippen molar-refractivity contribution < 1.29 is 14.6 Å². The predicted octanol–water partition coefficient (Wildman–Crippen LogP) is 5.21. The Balaban J connectivity index is 2.24. The third-order valence-electron chi connectivity index (χ3n) is 4.01. The van der Waals surface area contributed by atoms with Crippen LogP contribution in [-0.4, -0.2) is 11.1 Å². The van der Waals surface area contributed by atoms with Crippen LogP contribution in [0.5, 0.6) is 11.5 Å².